The predicted octanol–water partition coefficient (Wildman–Crippen LogP) is 0.282. The molecule has 1 fully saturated rings. The minimum atomic E-state index is -0.363. The fourth-order valence-corrected chi connectivity index (χ4v) is 1.73. The number of aliphatic hydroxyl groups excluding tert-OH is 1. The molecule has 0 spiro atoms. The maximum Gasteiger partial charge on any atom is 0.253 e. The lowest BCUT2D eigenvalue weighted by atomic mass is 10.1. The van der Waals surface area contributed by atoms with Gasteiger partial charge >= 0.3 is 0 Å². The summed E-state index contributed by atoms with van der Waals surface area (Å²) in [5.41, 5.74) is 1.16. The third-order valence-corrected chi connectivity index (χ3v) is 2.62. The van der Waals surface area contributed by atoms with Crippen LogP contribution in [0.15, 0.2) is 24.3 Å². The van der Waals surface area contributed by atoms with Gasteiger partial charge in [-0.1, -0.05) is 6.07 Å². The number of aliphatic hydroxyl groups is 1. The average Bonchev–Trinajstić information content (AvgIpc) is 2.39. The van der Waals surface area contributed by atoms with Crippen LogP contribution < -0.4 is 4.90 Å². The highest BCUT2D eigenvalue weighted by Crippen LogP contribution is 2.19. The van der Waals surface area contributed by atoms with E-state index in [-0.39, 0.29) is 25.2 Å². The molecule has 0 radical (unpaired) electrons. The van der Waals surface area contributed by atoms with Crippen molar-refractivity contribution in [2.24, 2.45) is 0 Å². The SMILES string of the molecule is N#Cc1cccc(N2CC(CO)OCC2=O)c1. The van der Waals surface area contributed by atoms with Crippen LogP contribution in [0.3, 0.4) is 0 Å². The summed E-state index contributed by atoms with van der Waals surface area (Å²) in [5, 5.41) is 17.8. The zero-order valence-corrected chi connectivity index (χ0v) is 9.17. The van der Waals surface area contributed by atoms with Gasteiger partial charge in [0, 0.05) is 5.69 Å². The Morgan fingerprint density at radius 2 is 2.41 bits per heavy atom. The zero-order chi connectivity index (χ0) is 12.3. The molecule has 1 saturated heterocycles. The quantitative estimate of drug-likeness (QED) is 0.795. The van der Waals surface area contributed by atoms with Crippen molar-refractivity contribution in [1.29, 1.82) is 5.26 Å². The van der Waals surface area contributed by atoms with Crippen molar-refractivity contribution in [2.75, 3.05) is 24.7 Å². The van der Waals surface area contributed by atoms with E-state index >= 15 is 0 Å². The van der Waals surface area contributed by atoms with E-state index in [1.165, 1.54) is 4.90 Å². The molecule has 0 saturated carbocycles. The Hall–Kier alpha value is -1.90. The Labute approximate surface area is 98.8 Å². The molecule has 5 nitrogen and oxygen atoms in total. The number of hydrogen-bond donors (Lipinski definition) is 1. The number of carbonyl (C=O) groups excluding carboxylic acids is 1. The van der Waals surface area contributed by atoms with E-state index in [9.17, 15) is 4.79 Å². The number of benzene rings is 1. The van der Waals surface area contributed by atoms with E-state index in [0.29, 0.717) is 17.8 Å². The van der Waals surface area contributed by atoms with Crippen LogP contribution in [-0.4, -0.2) is 36.9 Å². The van der Waals surface area contributed by atoms with Crippen LogP contribution in [0.4, 0.5) is 5.69 Å². The third-order valence-electron chi connectivity index (χ3n) is 2.62. The maximum absolute atomic E-state index is 11.7. The van der Waals surface area contributed by atoms with Crippen molar-refractivity contribution >= 4 is 11.6 Å². The molecule has 1 amide bonds. The molecule has 1 aromatic carbocycles. The van der Waals surface area contributed by atoms with Crippen LogP contribution in [0.5, 0.6) is 0 Å². The van der Waals surface area contributed by atoms with Crippen LogP contribution in [0.1, 0.15) is 5.56 Å². The van der Waals surface area contributed by atoms with E-state index < -0.39 is 0 Å². The highest BCUT2D eigenvalue weighted by atomic mass is 16.5. The van der Waals surface area contributed by atoms with Crippen molar-refractivity contribution in [2.45, 2.75) is 6.10 Å². The van der Waals surface area contributed by atoms with Gasteiger partial charge in [-0.05, 0) is 18.2 Å². The highest BCUT2D eigenvalue weighted by Gasteiger charge is 2.26. The molecule has 1 aliphatic rings. The molecular formula is C12H12N2O3. The van der Waals surface area contributed by atoms with Crippen molar-refractivity contribution in [3.05, 3.63) is 29.8 Å². The Balaban J connectivity index is 2.24. The lowest BCUT2D eigenvalue weighted by molar-refractivity contribution is -0.130. The van der Waals surface area contributed by atoms with Crippen molar-refractivity contribution < 1.29 is 14.6 Å². The van der Waals surface area contributed by atoms with Crippen LogP contribution in [-0.2, 0) is 9.53 Å². The summed E-state index contributed by atoms with van der Waals surface area (Å²) in [6, 6.07) is 8.85. The smallest absolute Gasteiger partial charge is 0.253 e. The molecule has 0 bridgehead atoms. The molecule has 1 aliphatic heterocycles. The number of nitriles is 1. The predicted molar refractivity (Wildman–Crippen MR) is 60.3 cm³/mol. The first kappa shape index (κ1) is 11.6. The minimum absolute atomic E-state index is 0.0397. The van der Waals surface area contributed by atoms with Gasteiger partial charge in [0.1, 0.15) is 6.61 Å². The lowest BCUT2D eigenvalue weighted by Crippen LogP contribution is -2.48. The fourth-order valence-electron chi connectivity index (χ4n) is 1.73. The monoisotopic (exact) mass is 232 g/mol. The molecule has 1 unspecified atom stereocenters. The first-order valence-electron chi connectivity index (χ1n) is 5.27. The van der Waals surface area contributed by atoms with Crippen molar-refractivity contribution in [1.82, 2.24) is 0 Å². The van der Waals surface area contributed by atoms with Crippen LogP contribution in [0.25, 0.3) is 0 Å². The van der Waals surface area contributed by atoms with Gasteiger partial charge in [-0.3, -0.25) is 4.79 Å². The Bertz CT molecular complexity index is 467. The number of carbonyl (C=O) groups is 1. The van der Waals surface area contributed by atoms with Crippen LogP contribution in [0, 0.1) is 11.3 Å². The van der Waals surface area contributed by atoms with Crippen LogP contribution >= 0.6 is 0 Å². The van der Waals surface area contributed by atoms with Gasteiger partial charge in [0.15, 0.2) is 0 Å². The molecule has 5 heteroatoms. The van der Waals surface area contributed by atoms with Gasteiger partial charge in [0.05, 0.1) is 30.9 Å². The number of amides is 1. The molecule has 88 valence electrons. The second kappa shape index (κ2) is 4.95. The number of anilines is 1. The molecular weight excluding hydrogens is 220 g/mol. The number of rotatable bonds is 2. The molecule has 1 atom stereocenters. The molecule has 0 aliphatic carbocycles. The lowest BCUT2D eigenvalue weighted by Gasteiger charge is -2.31. The Morgan fingerprint density at radius 1 is 1.59 bits per heavy atom. The van der Waals surface area contributed by atoms with E-state index in [1.54, 1.807) is 24.3 Å². The summed E-state index contributed by atoms with van der Waals surface area (Å²) < 4.78 is 5.14. The Morgan fingerprint density at radius 3 is 3.12 bits per heavy atom. The van der Waals surface area contributed by atoms with E-state index in [0.717, 1.165) is 0 Å². The maximum atomic E-state index is 11.7. The first-order chi connectivity index (χ1) is 8.24. The standard InChI is InChI=1S/C12H12N2O3/c13-5-9-2-1-3-10(4-9)14-6-11(7-15)17-8-12(14)16/h1-4,11,15H,6-8H2. The second-order valence-electron chi connectivity index (χ2n) is 3.78. The molecule has 17 heavy (non-hydrogen) atoms. The van der Waals surface area contributed by atoms with Gasteiger partial charge in [0.2, 0.25) is 0 Å². The van der Waals surface area contributed by atoms with Gasteiger partial charge in [-0.15, -0.1) is 0 Å². The second-order valence-corrected chi connectivity index (χ2v) is 3.78. The number of morpholine rings is 1. The summed E-state index contributed by atoms with van der Waals surface area (Å²) in [5.74, 6) is -0.162. The molecule has 2 rings (SSSR count). The zero-order valence-electron chi connectivity index (χ0n) is 9.17. The van der Waals surface area contributed by atoms with Crippen molar-refractivity contribution in [3.63, 3.8) is 0 Å². The summed E-state index contributed by atoms with van der Waals surface area (Å²) in [4.78, 5) is 13.2. The first-order valence-corrected chi connectivity index (χ1v) is 5.27. The van der Waals surface area contributed by atoms with Gasteiger partial charge in [-0.25, -0.2) is 0 Å². The van der Waals surface area contributed by atoms with E-state index in [1.807, 2.05) is 6.07 Å². The molecule has 1 heterocycles. The highest BCUT2D eigenvalue weighted by molar-refractivity contribution is 5.95. The van der Waals surface area contributed by atoms with Crippen molar-refractivity contribution in [3.8, 4) is 6.07 Å². The van der Waals surface area contributed by atoms with Gasteiger partial charge in [-0.2, -0.15) is 5.26 Å². The fraction of sp³-hybridized carbons (Fsp3) is 0.333. The number of nitrogens with zero attached hydrogens (tertiary/aromatic N) is 2. The summed E-state index contributed by atoms with van der Waals surface area (Å²) in [6.07, 6.45) is -0.363. The molecule has 1 aromatic rings. The van der Waals surface area contributed by atoms with E-state index in [2.05, 4.69) is 0 Å². The largest absolute Gasteiger partial charge is 0.394 e. The minimum Gasteiger partial charge on any atom is -0.394 e. The normalized spacial score (nSPS) is 20.1. The van der Waals surface area contributed by atoms with Crippen LogP contribution in [0.2, 0.25) is 0 Å². The summed E-state index contributed by atoms with van der Waals surface area (Å²) >= 11 is 0. The van der Waals surface area contributed by atoms with E-state index in [4.69, 9.17) is 15.1 Å². The average molecular weight is 232 g/mol. The summed E-state index contributed by atoms with van der Waals surface area (Å²) in [7, 11) is 0. The topological polar surface area (TPSA) is 73.6 Å². The Kier molecular flexibility index (Phi) is 3.38. The van der Waals surface area contributed by atoms with Gasteiger partial charge in [0.25, 0.3) is 5.91 Å². The summed E-state index contributed by atoms with van der Waals surface area (Å²) in [6.45, 7) is 0.147. The number of ether oxygens (including phenoxy) is 1. The van der Waals surface area contributed by atoms with Gasteiger partial charge < -0.3 is 14.7 Å². The number of hydrogen-bond acceptors (Lipinski definition) is 4. The third kappa shape index (κ3) is 2.44. The molecule has 0 aromatic heterocycles. The molecule has 1 N–H and O–H groups in total.